The minimum absolute atomic E-state index is 0.454. The van der Waals surface area contributed by atoms with Crippen molar-refractivity contribution in [2.75, 3.05) is 13.1 Å². The Bertz CT molecular complexity index is 231. The van der Waals surface area contributed by atoms with E-state index < -0.39 is 0 Å². The molecule has 1 rings (SSSR count). The fourth-order valence-electron chi connectivity index (χ4n) is 2.56. The number of nitrogens with zero attached hydrogens (tertiary/aromatic N) is 1. The average molecular weight is 222 g/mol. The largest absolute Gasteiger partial charge is 0.328 e. The first-order valence-corrected chi connectivity index (χ1v) is 6.67. The van der Waals surface area contributed by atoms with Gasteiger partial charge in [-0.1, -0.05) is 6.92 Å². The van der Waals surface area contributed by atoms with Gasteiger partial charge in [-0.15, -0.1) is 11.8 Å². The molecule has 2 nitrogen and oxygen atoms in total. The summed E-state index contributed by atoms with van der Waals surface area (Å²) in [4.78, 5) is 2.62. The Kier molecular flexibility index (Phi) is 6.52. The third kappa shape index (κ3) is 4.55. The molecule has 16 heavy (non-hydrogen) atoms. The predicted molar refractivity (Wildman–Crippen MR) is 70.2 cm³/mol. The van der Waals surface area contributed by atoms with Crippen LogP contribution in [0.2, 0.25) is 0 Å². The molecule has 0 radical (unpaired) electrons. The van der Waals surface area contributed by atoms with Crippen molar-refractivity contribution >= 4 is 0 Å². The van der Waals surface area contributed by atoms with Gasteiger partial charge >= 0.3 is 0 Å². The zero-order chi connectivity index (χ0) is 11.8. The Labute approximate surface area is 101 Å². The standard InChI is InChI=1S/C14H26N2/c1-3-5-6-12-16(11-4-2)14-9-7-13(15)8-10-14/h13-14H,4,6-12,15H2,1-2H3. The fraction of sp³-hybridized carbons (Fsp3) is 0.857. The summed E-state index contributed by atoms with van der Waals surface area (Å²) in [7, 11) is 0. The Morgan fingerprint density at radius 3 is 2.44 bits per heavy atom. The first kappa shape index (κ1) is 13.5. The molecule has 0 aliphatic heterocycles. The maximum atomic E-state index is 5.95. The maximum Gasteiger partial charge on any atom is 0.0217 e. The Hall–Kier alpha value is -0.520. The molecule has 1 fully saturated rings. The molecule has 0 aromatic heterocycles. The van der Waals surface area contributed by atoms with Crippen LogP contribution in [0.15, 0.2) is 0 Å². The van der Waals surface area contributed by atoms with E-state index in [1.54, 1.807) is 0 Å². The molecule has 0 spiro atoms. The highest BCUT2D eigenvalue weighted by atomic mass is 15.1. The van der Waals surface area contributed by atoms with Gasteiger partial charge in [-0.3, -0.25) is 4.90 Å². The van der Waals surface area contributed by atoms with Gasteiger partial charge in [-0.2, -0.15) is 0 Å². The lowest BCUT2D eigenvalue weighted by Gasteiger charge is -2.35. The monoisotopic (exact) mass is 222 g/mol. The van der Waals surface area contributed by atoms with E-state index in [-0.39, 0.29) is 0 Å². The molecule has 0 saturated heterocycles. The number of nitrogens with two attached hydrogens (primary N) is 1. The molecule has 1 saturated carbocycles. The molecule has 0 heterocycles. The molecule has 0 bridgehead atoms. The number of rotatable bonds is 5. The van der Waals surface area contributed by atoms with Gasteiger partial charge in [0.15, 0.2) is 0 Å². The normalized spacial score (nSPS) is 25.2. The Morgan fingerprint density at radius 1 is 1.19 bits per heavy atom. The van der Waals surface area contributed by atoms with Crippen LogP contribution in [0.25, 0.3) is 0 Å². The minimum Gasteiger partial charge on any atom is -0.328 e. The minimum atomic E-state index is 0.454. The van der Waals surface area contributed by atoms with Crippen LogP contribution in [0.5, 0.6) is 0 Å². The lowest BCUT2D eigenvalue weighted by molar-refractivity contribution is 0.153. The summed E-state index contributed by atoms with van der Waals surface area (Å²) in [6, 6.07) is 1.22. The van der Waals surface area contributed by atoms with Crippen molar-refractivity contribution in [1.29, 1.82) is 0 Å². The third-order valence-corrected chi connectivity index (χ3v) is 3.47. The highest BCUT2D eigenvalue weighted by Gasteiger charge is 2.23. The number of hydrogen-bond donors (Lipinski definition) is 1. The summed E-state index contributed by atoms with van der Waals surface area (Å²) in [5.41, 5.74) is 5.95. The van der Waals surface area contributed by atoms with Crippen LogP contribution < -0.4 is 5.73 Å². The van der Waals surface area contributed by atoms with E-state index in [2.05, 4.69) is 23.7 Å². The molecule has 92 valence electrons. The fourth-order valence-corrected chi connectivity index (χ4v) is 2.56. The van der Waals surface area contributed by atoms with E-state index in [4.69, 9.17) is 5.73 Å². The molecular weight excluding hydrogens is 196 g/mol. The van der Waals surface area contributed by atoms with Crippen molar-refractivity contribution < 1.29 is 0 Å². The predicted octanol–water partition coefficient (Wildman–Crippen LogP) is 2.38. The van der Waals surface area contributed by atoms with Gasteiger partial charge in [0.25, 0.3) is 0 Å². The van der Waals surface area contributed by atoms with E-state index in [1.165, 1.54) is 38.6 Å². The molecule has 0 amide bonds. The number of hydrogen-bond acceptors (Lipinski definition) is 2. The van der Waals surface area contributed by atoms with E-state index in [1.807, 2.05) is 6.92 Å². The first-order valence-electron chi connectivity index (χ1n) is 6.67. The molecule has 1 aliphatic rings. The van der Waals surface area contributed by atoms with Gasteiger partial charge < -0.3 is 5.73 Å². The van der Waals surface area contributed by atoms with Gasteiger partial charge in [0.1, 0.15) is 0 Å². The van der Waals surface area contributed by atoms with Gasteiger partial charge in [0, 0.05) is 25.0 Å². The second-order valence-corrected chi connectivity index (χ2v) is 4.78. The zero-order valence-electron chi connectivity index (χ0n) is 10.8. The zero-order valence-corrected chi connectivity index (χ0v) is 10.8. The molecule has 1 aliphatic carbocycles. The van der Waals surface area contributed by atoms with E-state index in [0.717, 1.165) is 19.0 Å². The summed E-state index contributed by atoms with van der Waals surface area (Å²) >= 11 is 0. The highest BCUT2D eigenvalue weighted by molar-refractivity contribution is 4.96. The third-order valence-electron chi connectivity index (χ3n) is 3.47. The SMILES string of the molecule is CC#CCCN(CCC)C1CCC(N)CC1. The smallest absolute Gasteiger partial charge is 0.0217 e. The van der Waals surface area contributed by atoms with Crippen molar-refractivity contribution in [1.82, 2.24) is 4.90 Å². The summed E-state index contributed by atoms with van der Waals surface area (Å²) in [6.07, 6.45) is 7.21. The lowest BCUT2D eigenvalue weighted by atomic mass is 9.90. The maximum absolute atomic E-state index is 5.95. The van der Waals surface area contributed by atoms with Crippen molar-refractivity contribution in [2.24, 2.45) is 5.73 Å². The molecule has 0 aromatic rings. The van der Waals surface area contributed by atoms with Crippen molar-refractivity contribution in [3.63, 3.8) is 0 Å². The van der Waals surface area contributed by atoms with Crippen LogP contribution in [-0.2, 0) is 0 Å². The van der Waals surface area contributed by atoms with Crippen LogP contribution in [0, 0.1) is 11.8 Å². The molecule has 2 N–H and O–H groups in total. The molecule has 2 heteroatoms. The van der Waals surface area contributed by atoms with Gasteiger partial charge in [0.05, 0.1) is 0 Å². The van der Waals surface area contributed by atoms with Crippen LogP contribution in [0.3, 0.4) is 0 Å². The van der Waals surface area contributed by atoms with E-state index >= 15 is 0 Å². The summed E-state index contributed by atoms with van der Waals surface area (Å²) in [5.74, 6) is 6.15. The van der Waals surface area contributed by atoms with Crippen molar-refractivity contribution in [3.05, 3.63) is 0 Å². The second-order valence-electron chi connectivity index (χ2n) is 4.78. The molecule has 0 aromatic carbocycles. The first-order chi connectivity index (χ1) is 7.77. The molecular formula is C14H26N2. The topological polar surface area (TPSA) is 29.3 Å². The van der Waals surface area contributed by atoms with E-state index in [0.29, 0.717) is 6.04 Å². The van der Waals surface area contributed by atoms with Gasteiger partial charge in [-0.25, -0.2) is 0 Å². The lowest BCUT2D eigenvalue weighted by Crippen LogP contribution is -2.41. The van der Waals surface area contributed by atoms with Crippen LogP contribution in [0.4, 0.5) is 0 Å². The summed E-state index contributed by atoms with van der Waals surface area (Å²) in [5, 5.41) is 0. The Balaban J connectivity index is 2.38. The van der Waals surface area contributed by atoms with Crippen molar-refractivity contribution in [3.8, 4) is 11.8 Å². The van der Waals surface area contributed by atoms with Crippen molar-refractivity contribution in [2.45, 2.75) is 64.5 Å². The Morgan fingerprint density at radius 2 is 1.88 bits per heavy atom. The van der Waals surface area contributed by atoms with Crippen LogP contribution in [-0.4, -0.2) is 30.1 Å². The van der Waals surface area contributed by atoms with E-state index in [9.17, 15) is 0 Å². The van der Waals surface area contributed by atoms with Gasteiger partial charge in [-0.05, 0) is 45.6 Å². The highest BCUT2D eigenvalue weighted by Crippen LogP contribution is 2.22. The summed E-state index contributed by atoms with van der Waals surface area (Å²) < 4.78 is 0. The summed E-state index contributed by atoms with van der Waals surface area (Å²) in [6.45, 7) is 6.52. The van der Waals surface area contributed by atoms with Crippen LogP contribution >= 0.6 is 0 Å². The second kappa shape index (κ2) is 7.70. The molecule has 0 atom stereocenters. The average Bonchev–Trinajstić information content (AvgIpc) is 2.29. The van der Waals surface area contributed by atoms with Gasteiger partial charge in [0.2, 0.25) is 0 Å². The van der Waals surface area contributed by atoms with Crippen LogP contribution in [0.1, 0.15) is 52.4 Å². The quantitative estimate of drug-likeness (QED) is 0.724. The molecule has 0 unspecified atom stereocenters.